The van der Waals surface area contributed by atoms with Crippen molar-refractivity contribution in [3.8, 4) is 0 Å². The summed E-state index contributed by atoms with van der Waals surface area (Å²) in [6.45, 7) is 2.25. The van der Waals surface area contributed by atoms with Gasteiger partial charge in [-0.15, -0.1) is 0 Å². The third-order valence-corrected chi connectivity index (χ3v) is 0.957. The Bertz CT molecular complexity index is 63.9. The molecule has 4 nitrogen and oxygen atoms in total. The van der Waals surface area contributed by atoms with Crippen molar-refractivity contribution in [2.24, 2.45) is 0 Å². The first kappa shape index (κ1) is 13.7. The van der Waals surface area contributed by atoms with Crippen LogP contribution in [0.5, 0.6) is 0 Å². The molecule has 1 fully saturated rings. The molecule has 1 aliphatic heterocycles. The fraction of sp³-hybridized carbons (Fsp3) is 0.800. The highest BCUT2D eigenvalue weighted by Gasteiger charge is 1.93. The summed E-state index contributed by atoms with van der Waals surface area (Å²) in [5, 5.41) is 10.1. The average Bonchev–Trinajstić information content (AvgIpc) is 2.44. The van der Waals surface area contributed by atoms with E-state index in [-0.39, 0.29) is 6.47 Å². The Morgan fingerprint density at radius 1 is 1.36 bits per heavy atom. The predicted octanol–water partition coefficient (Wildman–Crippen LogP) is 0.336. The second-order valence-corrected chi connectivity index (χ2v) is 2.46. The number of hydrogen-bond acceptors (Lipinski definition) is 5. The second kappa shape index (κ2) is 16.6. The van der Waals surface area contributed by atoms with Crippen molar-refractivity contribution in [2.75, 3.05) is 13.1 Å². The maximum Gasteiger partial charge on any atom is 0.290 e. The highest BCUT2D eigenvalue weighted by Crippen LogP contribution is 1.90. The summed E-state index contributed by atoms with van der Waals surface area (Å²) in [6, 6.07) is 0. The molecule has 1 heterocycles. The molecule has 0 radical (unpaired) electrons. The molecule has 1 saturated heterocycles. The van der Waals surface area contributed by atoms with Crippen LogP contribution in [-0.2, 0) is 4.79 Å². The van der Waals surface area contributed by atoms with E-state index >= 15 is 0 Å². The third kappa shape index (κ3) is 25.5. The summed E-state index contributed by atoms with van der Waals surface area (Å²) in [5.74, 6) is 0. The Labute approximate surface area is 77.8 Å². The van der Waals surface area contributed by atoms with E-state index in [1.165, 1.54) is 25.9 Å². The quantitative estimate of drug-likeness (QED) is 0.288. The second-order valence-electron chi connectivity index (χ2n) is 1.66. The van der Waals surface area contributed by atoms with Crippen LogP contribution in [0.25, 0.3) is 0 Å². The standard InChI is InChI=1S/C4H9N.CH2O2.H3NS2/c1-2-4-5-3-1;2*2-1-3/h5H,1-4H2;1H,(H,2,3);1-3H. The number of thiol groups is 2. The normalized spacial score (nSPS) is 13.6. The van der Waals surface area contributed by atoms with Crippen LogP contribution in [0.1, 0.15) is 12.8 Å². The molecule has 1 aliphatic rings. The molecule has 6 heteroatoms. The lowest BCUT2D eigenvalue weighted by Gasteiger charge is -1.76. The van der Waals surface area contributed by atoms with Gasteiger partial charge in [-0.1, -0.05) is 25.6 Å². The smallest absolute Gasteiger partial charge is 0.290 e. The Morgan fingerprint density at radius 2 is 1.64 bits per heavy atom. The van der Waals surface area contributed by atoms with E-state index < -0.39 is 0 Å². The molecule has 0 aromatic carbocycles. The highest BCUT2D eigenvalue weighted by atomic mass is 32.2. The van der Waals surface area contributed by atoms with E-state index in [4.69, 9.17) is 9.90 Å². The van der Waals surface area contributed by atoms with Gasteiger partial charge in [0.1, 0.15) is 0 Å². The van der Waals surface area contributed by atoms with Crippen LogP contribution in [0.4, 0.5) is 0 Å². The average molecular weight is 198 g/mol. The maximum atomic E-state index is 8.36. The van der Waals surface area contributed by atoms with E-state index in [1.807, 2.05) is 0 Å². The van der Waals surface area contributed by atoms with Crippen molar-refractivity contribution in [1.29, 1.82) is 0 Å². The molecular formula is C5H14N2O2S2. The highest BCUT2D eigenvalue weighted by molar-refractivity contribution is 7.94. The van der Waals surface area contributed by atoms with Crippen LogP contribution in [0.2, 0.25) is 0 Å². The van der Waals surface area contributed by atoms with Crippen molar-refractivity contribution in [1.82, 2.24) is 9.44 Å². The van der Waals surface area contributed by atoms with E-state index in [9.17, 15) is 0 Å². The van der Waals surface area contributed by atoms with Gasteiger partial charge in [0.15, 0.2) is 0 Å². The number of rotatable bonds is 0. The number of nitrogens with one attached hydrogen (secondary N) is 2. The number of carboxylic acid groups (broad SMARTS) is 1. The van der Waals surface area contributed by atoms with Gasteiger partial charge in [0.25, 0.3) is 6.47 Å². The van der Waals surface area contributed by atoms with Crippen molar-refractivity contribution >= 4 is 32.1 Å². The lowest BCUT2D eigenvalue weighted by molar-refractivity contribution is -0.122. The van der Waals surface area contributed by atoms with Crippen LogP contribution in [0.15, 0.2) is 0 Å². The Morgan fingerprint density at radius 3 is 1.73 bits per heavy atom. The SMILES string of the molecule is C1CCNC1.O=CO.SNS. The predicted molar refractivity (Wildman–Crippen MR) is 51.9 cm³/mol. The van der Waals surface area contributed by atoms with E-state index in [0.717, 1.165) is 0 Å². The van der Waals surface area contributed by atoms with Crippen LogP contribution >= 0.6 is 25.6 Å². The Kier molecular flexibility index (Phi) is 20.6. The van der Waals surface area contributed by atoms with Gasteiger partial charge >= 0.3 is 0 Å². The molecule has 0 aromatic heterocycles. The van der Waals surface area contributed by atoms with Gasteiger partial charge < -0.3 is 10.4 Å². The van der Waals surface area contributed by atoms with E-state index in [1.54, 1.807) is 0 Å². The first-order valence-corrected chi connectivity index (χ1v) is 4.04. The maximum absolute atomic E-state index is 8.36. The summed E-state index contributed by atoms with van der Waals surface area (Å²) in [5.41, 5.74) is 0. The molecule has 0 atom stereocenters. The largest absolute Gasteiger partial charge is 0.483 e. The minimum Gasteiger partial charge on any atom is -0.483 e. The summed E-state index contributed by atoms with van der Waals surface area (Å²) in [7, 11) is 0. The molecule has 0 aromatic rings. The third-order valence-electron chi connectivity index (χ3n) is 0.957. The molecule has 0 amide bonds. The van der Waals surface area contributed by atoms with Crippen molar-refractivity contribution in [3.05, 3.63) is 0 Å². The van der Waals surface area contributed by atoms with Crippen LogP contribution < -0.4 is 9.44 Å². The zero-order valence-electron chi connectivity index (χ0n) is 6.16. The fourth-order valence-corrected chi connectivity index (χ4v) is 0.625. The minimum atomic E-state index is -0.250. The van der Waals surface area contributed by atoms with Crippen LogP contribution in [0, 0.1) is 0 Å². The molecule has 1 rings (SSSR count). The lowest BCUT2D eigenvalue weighted by Crippen LogP contribution is -2.03. The fourth-order valence-electron chi connectivity index (χ4n) is 0.625. The van der Waals surface area contributed by atoms with Gasteiger partial charge in [-0.05, 0) is 25.9 Å². The molecule has 68 valence electrons. The van der Waals surface area contributed by atoms with Crippen molar-refractivity contribution < 1.29 is 9.90 Å². The zero-order chi connectivity index (χ0) is 8.95. The van der Waals surface area contributed by atoms with Gasteiger partial charge in [0, 0.05) is 0 Å². The monoisotopic (exact) mass is 198 g/mol. The molecule has 0 aliphatic carbocycles. The Hall–Kier alpha value is 0.0900. The van der Waals surface area contributed by atoms with Crippen molar-refractivity contribution in [2.45, 2.75) is 12.8 Å². The summed E-state index contributed by atoms with van der Waals surface area (Å²) in [4.78, 5) is 8.36. The van der Waals surface area contributed by atoms with Gasteiger partial charge in [0.2, 0.25) is 0 Å². The Balaban J connectivity index is 0. The number of carbonyl (C=O) groups is 1. The molecule has 0 saturated carbocycles. The van der Waals surface area contributed by atoms with Gasteiger partial charge in [-0.2, -0.15) is 0 Å². The van der Waals surface area contributed by atoms with Gasteiger partial charge in [-0.3, -0.25) is 4.79 Å². The van der Waals surface area contributed by atoms with E-state index in [0.29, 0.717) is 0 Å². The zero-order valence-corrected chi connectivity index (χ0v) is 7.94. The van der Waals surface area contributed by atoms with Gasteiger partial charge in [-0.25, -0.2) is 4.13 Å². The molecule has 3 N–H and O–H groups in total. The first-order chi connectivity index (χ1) is 5.33. The molecule has 11 heavy (non-hydrogen) atoms. The summed E-state index contributed by atoms with van der Waals surface area (Å²) >= 11 is 6.81. The molecule has 0 bridgehead atoms. The van der Waals surface area contributed by atoms with Crippen molar-refractivity contribution in [3.63, 3.8) is 0 Å². The van der Waals surface area contributed by atoms with Gasteiger partial charge in [0.05, 0.1) is 0 Å². The molecule has 0 unspecified atom stereocenters. The topological polar surface area (TPSA) is 61.4 Å². The molecule has 0 spiro atoms. The number of hydrogen-bond donors (Lipinski definition) is 5. The van der Waals surface area contributed by atoms with E-state index in [2.05, 4.69) is 35.1 Å². The first-order valence-electron chi connectivity index (χ1n) is 3.15. The summed E-state index contributed by atoms with van der Waals surface area (Å²) in [6.07, 6.45) is 2.78. The summed E-state index contributed by atoms with van der Waals surface area (Å²) < 4.78 is 2.14. The van der Waals surface area contributed by atoms with Crippen LogP contribution in [-0.4, -0.2) is 24.7 Å². The lowest BCUT2D eigenvalue weighted by atomic mass is 10.4. The minimum absolute atomic E-state index is 0.250. The molecular weight excluding hydrogens is 184 g/mol. The van der Waals surface area contributed by atoms with Crippen LogP contribution in [0.3, 0.4) is 0 Å².